The molecular weight excluding hydrogens is 166 g/mol. The summed E-state index contributed by atoms with van der Waals surface area (Å²) in [6.45, 7) is 0.896. The fourth-order valence-electron chi connectivity index (χ4n) is 2.11. The Morgan fingerprint density at radius 3 is 3.23 bits per heavy atom. The Morgan fingerprint density at radius 1 is 1.62 bits per heavy atom. The van der Waals surface area contributed by atoms with E-state index in [1.54, 1.807) is 0 Å². The zero-order valence-corrected chi connectivity index (χ0v) is 7.56. The molecule has 3 heteroatoms. The number of hydrogen-bond acceptors (Lipinski definition) is 2. The van der Waals surface area contributed by atoms with E-state index >= 15 is 0 Å². The molecule has 13 heavy (non-hydrogen) atoms. The number of rotatable bonds is 2. The highest BCUT2D eigenvalue weighted by Crippen LogP contribution is 2.30. The van der Waals surface area contributed by atoms with Gasteiger partial charge in [0, 0.05) is 24.4 Å². The number of aromatic nitrogens is 1. The third kappa shape index (κ3) is 1.49. The monoisotopic (exact) mass is 181 g/mol. The molecule has 1 unspecified atom stereocenters. The normalized spacial score (nSPS) is 24.0. The summed E-state index contributed by atoms with van der Waals surface area (Å²) in [5.41, 5.74) is 1.16. The van der Waals surface area contributed by atoms with Crippen LogP contribution >= 0.6 is 0 Å². The van der Waals surface area contributed by atoms with E-state index in [9.17, 15) is 5.11 Å². The third-order valence-electron chi connectivity index (χ3n) is 2.81. The van der Waals surface area contributed by atoms with Crippen LogP contribution in [0.5, 0.6) is 0 Å². The summed E-state index contributed by atoms with van der Waals surface area (Å²) in [5.74, 6) is 0.119. The Labute approximate surface area is 77.6 Å². The number of aryl methyl sites for hydroxylation is 1. The molecule has 0 aromatic carbocycles. The molecule has 1 aliphatic rings. The Bertz CT molecular complexity index is 282. The van der Waals surface area contributed by atoms with Gasteiger partial charge in [0.2, 0.25) is 0 Å². The third-order valence-corrected chi connectivity index (χ3v) is 2.81. The van der Waals surface area contributed by atoms with Crippen LogP contribution in [0.3, 0.4) is 0 Å². The molecule has 2 heterocycles. The van der Waals surface area contributed by atoms with E-state index in [0.717, 1.165) is 25.1 Å². The smallest absolute Gasteiger partial charge is 0.0853 e. The first-order valence-corrected chi connectivity index (χ1v) is 4.77. The molecule has 0 spiro atoms. The average Bonchev–Trinajstić information content (AvgIpc) is 2.63. The van der Waals surface area contributed by atoms with Gasteiger partial charge in [-0.05, 0) is 25.0 Å². The van der Waals surface area contributed by atoms with Gasteiger partial charge in [-0.2, -0.15) is 0 Å². The first-order chi connectivity index (χ1) is 6.33. The lowest BCUT2D eigenvalue weighted by molar-refractivity contribution is 0.0634. The highest BCUT2D eigenvalue weighted by Gasteiger charge is 2.25. The van der Waals surface area contributed by atoms with E-state index < -0.39 is 6.10 Å². The average molecular weight is 181 g/mol. The highest BCUT2D eigenvalue weighted by molar-refractivity contribution is 5.16. The van der Waals surface area contributed by atoms with E-state index in [0.29, 0.717) is 0 Å². The summed E-state index contributed by atoms with van der Waals surface area (Å²) in [6.07, 6.45) is 3.50. The molecule has 0 fully saturated rings. The standard InChI is InChI=1S/C10H15NO2/c12-7-10(13)8-3-1-5-11-6-2-4-9(8)11/h2,4,6,8,10,12-13H,1,3,5,7H2/t8-,10?/m1/s1. The van der Waals surface area contributed by atoms with E-state index in [-0.39, 0.29) is 12.5 Å². The molecule has 0 amide bonds. The van der Waals surface area contributed by atoms with Gasteiger partial charge in [0.15, 0.2) is 0 Å². The van der Waals surface area contributed by atoms with Crippen LogP contribution in [0.15, 0.2) is 18.3 Å². The number of hydrogen-bond donors (Lipinski definition) is 2. The Balaban J connectivity index is 2.24. The molecule has 2 N–H and O–H groups in total. The molecular formula is C10H15NO2. The predicted octanol–water partition coefficient (Wildman–Crippen LogP) is 0.719. The maximum Gasteiger partial charge on any atom is 0.0853 e. The van der Waals surface area contributed by atoms with Crippen LogP contribution in [-0.2, 0) is 6.54 Å². The van der Waals surface area contributed by atoms with Gasteiger partial charge in [0.05, 0.1) is 12.7 Å². The second-order valence-electron chi connectivity index (χ2n) is 3.63. The van der Waals surface area contributed by atoms with Crippen molar-refractivity contribution in [3.8, 4) is 0 Å². The van der Waals surface area contributed by atoms with E-state index in [4.69, 9.17) is 5.11 Å². The second-order valence-corrected chi connectivity index (χ2v) is 3.63. The van der Waals surface area contributed by atoms with Crippen LogP contribution < -0.4 is 0 Å². The molecule has 1 aromatic rings. The van der Waals surface area contributed by atoms with Crippen molar-refractivity contribution in [2.75, 3.05) is 6.61 Å². The van der Waals surface area contributed by atoms with Gasteiger partial charge in [-0.1, -0.05) is 0 Å². The number of aliphatic hydroxyl groups excluding tert-OH is 2. The van der Waals surface area contributed by atoms with Gasteiger partial charge >= 0.3 is 0 Å². The summed E-state index contributed by atoms with van der Waals surface area (Å²) < 4.78 is 2.16. The Kier molecular flexibility index (Phi) is 2.38. The van der Waals surface area contributed by atoms with Gasteiger partial charge in [0.1, 0.15) is 0 Å². The lowest BCUT2D eigenvalue weighted by atomic mass is 9.91. The minimum Gasteiger partial charge on any atom is -0.394 e. The fourth-order valence-corrected chi connectivity index (χ4v) is 2.11. The van der Waals surface area contributed by atoms with Crippen molar-refractivity contribution in [3.63, 3.8) is 0 Å². The topological polar surface area (TPSA) is 45.4 Å². The quantitative estimate of drug-likeness (QED) is 0.706. The largest absolute Gasteiger partial charge is 0.394 e. The summed E-state index contributed by atoms with van der Waals surface area (Å²) in [7, 11) is 0. The summed E-state index contributed by atoms with van der Waals surface area (Å²) in [4.78, 5) is 0. The molecule has 72 valence electrons. The molecule has 0 bridgehead atoms. The summed E-state index contributed by atoms with van der Waals surface area (Å²) >= 11 is 0. The lowest BCUT2D eigenvalue weighted by Gasteiger charge is -2.27. The molecule has 1 aliphatic heterocycles. The SMILES string of the molecule is OCC(O)[C@@H]1CCCn2cccc21. The van der Waals surface area contributed by atoms with Crippen molar-refractivity contribution in [3.05, 3.63) is 24.0 Å². The van der Waals surface area contributed by atoms with Crippen LogP contribution in [0, 0.1) is 0 Å². The van der Waals surface area contributed by atoms with Gasteiger partial charge in [0.25, 0.3) is 0 Å². The molecule has 0 aliphatic carbocycles. The minimum atomic E-state index is -0.603. The Hall–Kier alpha value is -0.800. The maximum atomic E-state index is 9.58. The minimum absolute atomic E-state index is 0.119. The molecule has 0 saturated carbocycles. The number of nitrogens with zero attached hydrogens (tertiary/aromatic N) is 1. The second kappa shape index (κ2) is 3.52. The molecule has 2 rings (SSSR count). The molecule has 1 aromatic heterocycles. The van der Waals surface area contributed by atoms with Gasteiger partial charge < -0.3 is 14.8 Å². The van der Waals surface area contributed by atoms with Crippen molar-refractivity contribution in [2.24, 2.45) is 0 Å². The van der Waals surface area contributed by atoms with E-state index in [1.165, 1.54) is 0 Å². The van der Waals surface area contributed by atoms with Crippen molar-refractivity contribution >= 4 is 0 Å². The van der Waals surface area contributed by atoms with Crippen molar-refractivity contribution in [1.29, 1.82) is 0 Å². The van der Waals surface area contributed by atoms with Crippen molar-refractivity contribution in [1.82, 2.24) is 4.57 Å². The van der Waals surface area contributed by atoms with Crippen LogP contribution in [0.4, 0.5) is 0 Å². The van der Waals surface area contributed by atoms with E-state index in [1.807, 2.05) is 18.3 Å². The molecule has 0 saturated heterocycles. The van der Waals surface area contributed by atoms with Gasteiger partial charge in [-0.25, -0.2) is 0 Å². The lowest BCUT2D eigenvalue weighted by Crippen LogP contribution is -2.27. The first kappa shape index (κ1) is 8.78. The molecule has 0 radical (unpaired) electrons. The van der Waals surface area contributed by atoms with Crippen LogP contribution in [0.2, 0.25) is 0 Å². The zero-order chi connectivity index (χ0) is 9.26. The van der Waals surface area contributed by atoms with Crippen LogP contribution in [-0.4, -0.2) is 27.5 Å². The van der Waals surface area contributed by atoms with Crippen LogP contribution in [0.25, 0.3) is 0 Å². The maximum absolute atomic E-state index is 9.58. The van der Waals surface area contributed by atoms with E-state index in [2.05, 4.69) is 4.57 Å². The number of fused-ring (bicyclic) bond motifs is 1. The molecule has 3 nitrogen and oxygen atoms in total. The highest BCUT2D eigenvalue weighted by atomic mass is 16.3. The van der Waals surface area contributed by atoms with Crippen LogP contribution in [0.1, 0.15) is 24.5 Å². The predicted molar refractivity (Wildman–Crippen MR) is 49.5 cm³/mol. The van der Waals surface area contributed by atoms with Gasteiger partial charge in [-0.3, -0.25) is 0 Å². The number of aliphatic hydroxyl groups is 2. The zero-order valence-electron chi connectivity index (χ0n) is 7.56. The van der Waals surface area contributed by atoms with Crippen molar-refractivity contribution < 1.29 is 10.2 Å². The summed E-state index contributed by atoms with van der Waals surface area (Å²) in [5, 5.41) is 18.5. The first-order valence-electron chi connectivity index (χ1n) is 4.77. The fraction of sp³-hybridized carbons (Fsp3) is 0.600. The van der Waals surface area contributed by atoms with Gasteiger partial charge in [-0.15, -0.1) is 0 Å². The Morgan fingerprint density at radius 2 is 2.46 bits per heavy atom. The molecule has 2 atom stereocenters. The summed E-state index contributed by atoms with van der Waals surface area (Å²) in [6, 6.07) is 4.03. The van der Waals surface area contributed by atoms with Crippen molar-refractivity contribution in [2.45, 2.75) is 31.4 Å².